The van der Waals surface area contributed by atoms with Crippen LogP contribution in [0.3, 0.4) is 0 Å². The van der Waals surface area contributed by atoms with Crippen molar-refractivity contribution >= 4 is 23.0 Å². The molecule has 0 unspecified atom stereocenters. The number of hydrogen-bond donors (Lipinski definition) is 2. The van der Waals surface area contributed by atoms with Gasteiger partial charge >= 0.3 is 0 Å². The minimum absolute atomic E-state index is 0.0500. The van der Waals surface area contributed by atoms with Crippen molar-refractivity contribution in [3.63, 3.8) is 0 Å². The molecule has 0 bridgehead atoms. The number of thiocarbonyl (C=S) groups is 1. The first-order valence-electron chi connectivity index (χ1n) is 5.63. The van der Waals surface area contributed by atoms with Crippen molar-refractivity contribution in [3.8, 4) is 5.69 Å². The lowest BCUT2D eigenvalue weighted by Gasteiger charge is -2.13. The van der Waals surface area contributed by atoms with Gasteiger partial charge in [0, 0.05) is 7.05 Å². The average Bonchev–Trinajstić information content (AvgIpc) is 2.61. The van der Waals surface area contributed by atoms with Crippen LogP contribution in [-0.4, -0.2) is 14.5 Å². The highest BCUT2D eigenvalue weighted by Gasteiger charge is 2.20. The molecule has 1 aromatic carbocycles. The first-order valence-corrected chi connectivity index (χ1v) is 6.04. The van der Waals surface area contributed by atoms with Crippen LogP contribution >= 0.6 is 12.2 Å². The molecule has 1 heterocycles. The van der Waals surface area contributed by atoms with Crippen molar-refractivity contribution < 1.29 is 0 Å². The summed E-state index contributed by atoms with van der Waals surface area (Å²) in [5, 5.41) is 0.984. The third kappa shape index (κ3) is 2.13. The molecule has 0 aliphatic rings. The maximum Gasteiger partial charge on any atom is 0.297 e. The van der Waals surface area contributed by atoms with Gasteiger partial charge in [0.15, 0.2) is 5.11 Å². The summed E-state index contributed by atoms with van der Waals surface area (Å²) in [5.74, 6) is 5.74. The zero-order valence-corrected chi connectivity index (χ0v) is 11.5. The number of hydrogen-bond acceptors (Lipinski definition) is 3. The van der Waals surface area contributed by atoms with Gasteiger partial charge in [-0.1, -0.05) is 18.2 Å². The molecule has 0 radical (unpaired) electrons. The van der Waals surface area contributed by atoms with E-state index in [2.05, 4.69) is 0 Å². The number of anilines is 1. The van der Waals surface area contributed by atoms with E-state index in [0.717, 1.165) is 10.7 Å². The van der Waals surface area contributed by atoms with Crippen LogP contribution in [0, 0.1) is 6.92 Å². The molecule has 0 atom stereocenters. The maximum atomic E-state index is 12.5. The fourth-order valence-electron chi connectivity index (χ4n) is 1.94. The van der Waals surface area contributed by atoms with E-state index >= 15 is 0 Å². The van der Waals surface area contributed by atoms with Gasteiger partial charge in [0.1, 0.15) is 5.69 Å². The standard InChI is InChI=1S/C12H15N5OS/c1-8-10(16(14)12(13)19)11(18)17(15(8)2)9-6-4-3-5-7-9/h3-7H,14H2,1-2H3,(H2,13,19). The molecule has 0 fully saturated rings. The molecule has 0 spiro atoms. The summed E-state index contributed by atoms with van der Waals surface area (Å²) in [6.45, 7) is 1.79. The van der Waals surface area contributed by atoms with Crippen LogP contribution < -0.4 is 22.1 Å². The van der Waals surface area contributed by atoms with E-state index in [1.807, 2.05) is 30.3 Å². The quantitative estimate of drug-likeness (QED) is 0.472. The van der Waals surface area contributed by atoms with Gasteiger partial charge in [-0.25, -0.2) is 15.5 Å². The molecule has 4 N–H and O–H groups in total. The molecule has 19 heavy (non-hydrogen) atoms. The first-order chi connectivity index (χ1) is 8.95. The van der Waals surface area contributed by atoms with Crippen LogP contribution in [0.15, 0.2) is 35.1 Å². The molecular weight excluding hydrogens is 262 g/mol. The smallest absolute Gasteiger partial charge is 0.297 e. The first kappa shape index (κ1) is 13.3. The molecule has 0 saturated carbocycles. The van der Waals surface area contributed by atoms with E-state index in [1.165, 1.54) is 4.68 Å². The Morgan fingerprint density at radius 2 is 1.89 bits per heavy atom. The summed E-state index contributed by atoms with van der Waals surface area (Å²) in [5.41, 5.74) is 6.93. The second-order valence-corrected chi connectivity index (χ2v) is 4.54. The van der Waals surface area contributed by atoms with Crippen LogP contribution in [-0.2, 0) is 7.05 Å². The highest BCUT2D eigenvalue weighted by molar-refractivity contribution is 7.80. The van der Waals surface area contributed by atoms with Gasteiger partial charge in [0.25, 0.3) is 5.56 Å². The summed E-state index contributed by atoms with van der Waals surface area (Å²) in [7, 11) is 1.78. The normalized spacial score (nSPS) is 10.5. The predicted molar refractivity (Wildman–Crippen MR) is 79.2 cm³/mol. The Bertz CT molecular complexity index is 673. The zero-order valence-electron chi connectivity index (χ0n) is 10.7. The Morgan fingerprint density at radius 3 is 2.42 bits per heavy atom. The Labute approximate surface area is 115 Å². The second-order valence-electron chi connectivity index (χ2n) is 4.12. The Morgan fingerprint density at radius 1 is 1.32 bits per heavy atom. The third-order valence-corrected chi connectivity index (χ3v) is 3.20. The number of benzene rings is 1. The third-order valence-electron chi connectivity index (χ3n) is 3.00. The van der Waals surface area contributed by atoms with Gasteiger partial charge in [0.05, 0.1) is 11.4 Å². The Balaban J connectivity index is 2.70. The number of hydrazine groups is 1. The van der Waals surface area contributed by atoms with Gasteiger partial charge in [-0.2, -0.15) is 0 Å². The maximum absolute atomic E-state index is 12.5. The molecule has 0 amide bonds. The largest absolute Gasteiger partial charge is 0.375 e. The highest BCUT2D eigenvalue weighted by Crippen LogP contribution is 2.15. The summed E-state index contributed by atoms with van der Waals surface area (Å²) in [4.78, 5) is 12.5. The molecule has 6 nitrogen and oxygen atoms in total. The monoisotopic (exact) mass is 277 g/mol. The summed E-state index contributed by atoms with van der Waals surface area (Å²) < 4.78 is 3.23. The van der Waals surface area contributed by atoms with Crippen LogP contribution in [0.2, 0.25) is 0 Å². The lowest BCUT2D eigenvalue weighted by Crippen LogP contribution is -2.44. The van der Waals surface area contributed by atoms with E-state index in [4.69, 9.17) is 23.8 Å². The number of rotatable bonds is 2. The van der Waals surface area contributed by atoms with Gasteiger partial charge < -0.3 is 5.73 Å². The van der Waals surface area contributed by atoms with E-state index in [9.17, 15) is 4.79 Å². The van der Waals surface area contributed by atoms with E-state index in [0.29, 0.717) is 5.69 Å². The van der Waals surface area contributed by atoms with Gasteiger partial charge in [-0.3, -0.25) is 9.48 Å². The van der Waals surface area contributed by atoms with Gasteiger partial charge in [-0.05, 0) is 31.3 Å². The Hall–Kier alpha value is -2.12. The number of para-hydroxylation sites is 1. The molecule has 0 aliphatic carbocycles. The van der Waals surface area contributed by atoms with Crippen molar-refractivity contribution in [1.29, 1.82) is 0 Å². The van der Waals surface area contributed by atoms with Crippen molar-refractivity contribution in [2.24, 2.45) is 18.6 Å². The van der Waals surface area contributed by atoms with Gasteiger partial charge in [-0.15, -0.1) is 0 Å². The van der Waals surface area contributed by atoms with E-state index in [-0.39, 0.29) is 16.4 Å². The van der Waals surface area contributed by atoms with Crippen molar-refractivity contribution in [3.05, 3.63) is 46.4 Å². The molecule has 1 aromatic heterocycles. The molecule has 0 aliphatic heterocycles. The predicted octanol–water partition coefficient (Wildman–Crippen LogP) is 0.408. The van der Waals surface area contributed by atoms with Crippen LogP contribution in [0.25, 0.3) is 5.69 Å². The molecular formula is C12H15N5OS. The highest BCUT2D eigenvalue weighted by atomic mass is 32.1. The minimum Gasteiger partial charge on any atom is -0.375 e. The Kier molecular flexibility index (Phi) is 3.41. The molecule has 100 valence electrons. The van der Waals surface area contributed by atoms with Crippen molar-refractivity contribution in [1.82, 2.24) is 9.36 Å². The second kappa shape index (κ2) is 4.87. The van der Waals surface area contributed by atoms with Gasteiger partial charge in [0.2, 0.25) is 0 Å². The molecule has 2 rings (SSSR count). The fourth-order valence-corrected chi connectivity index (χ4v) is 2.03. The number of nitrogens with zero attached hydrogens (tertiary/aromatic N) is 3. The number of aromatic nitrogens is 2. The van der Waals surface area contributed by atoms with Crippen molar-refractivity contribution in [2.45, 2.75) is 6.92 Å². The summed E-state index contributed by atoms with van der Waals surface area (Å²) in [6.07, 6.45) is 0. The minimum atomic E-state index is -0.262. The lowest BCUT2D eigenvalue weighted by molar-refractivity contribution is 0.630. The van der Waals surface area contributed by atoms with Crippen LogP contribution in [0.5, 0.6) is 0 Å². The molecule has 0 saturated heterocycles. The SMILES string of the molecule is Cc1c(N(N)C(N)=S)c(=O)n(-c2ccccc2)n1C. The van der Waals surface area contributed by atoms with E-state index < -0.39 is 0 Å². The van der Waals surface area contributed by atoms with E-state index in [1.54, 1.807) is 18.7 Å². The topological polar surface area (TPSA) is 82.2 Å². The zero-order chi connectivity index (χ0) is 14.2. The van der Waals surface area contributed by atoms with Crippen LogP contribution in [0.1, 0.15) is 5.69 Å². The lowest BCUT2D eigenvalue weighted by atomic mass is 10.3. The van der Waals surface area contributed by atoms with Crippen molar-refractivity contribution in [2.75, 3.05) is 5.01 Å². The average molecular weight is 277 g/mol. The number of nitrogens with two attached hydrogens (primary N) is 2. The fraction of sp³-hybridized carbons (Fsp3) is 0.167. The van der Waals surface area contributed by atoms with Crippen LogP contribution in [0.4, 0.5) is 5.69 Å². The molecule has 7 heteroatoms. The summed E-state index contributed by atoms with van der Waals surface area (Å²) in [6, 6.07) is 9.28. The molecule has 2 aromatic rings. The summed E-state index contributed by atoms with van der Waals surface area (Å²) >= 11 is 4.81.